The number of aromatic amines is 1. The first kappa shape index (κ1) is 17.3. The Morgan fingerprint density at radius 2 is 1.96 bits per heavy atom. The monoisotopic (exact) mass is 362 g/mol. The number of rotatable bonds is 4. The maximum atomic E-state index is 12.7. The molecule has 3 aromatic rings. The fourth-order valence-electron chi connectivity index (χ4n) is 3.54. The van der Waals surface area contributed by atoms with Crippen molar-refractivity contribution in [2.45, 2.75) is 25.8 Å². The van der Waals surface area contributed by atoms with Crippen molar-refractivity contribution in [3.05, 3.63) is 65.5 Å². The molecule has 6 heteroatoms. The van der Waals surface area contributed by atoms with Gasteiger partial charge in [0.15, 0.2) is 0 Å². The van der Waals surface area contributed by atoms with Crippen LogP contribution in [0.4, 0.5) is 0 Å². The third-order valence-corrected chi connectivity index (χ3v) is 5.01. The zero-order valence-corrected chi connectivity index (χ0v) is 15.2. The van der Waals surface area contributed by atoms with Gasteiger partial charge in [0.2, 0.25) is 5.91 Å². The van der Waals surface area contributed by atoms with Crippen LogP contribution in [-0.2, 0) is 4.79 Å². The highest BCUT2D eigenvalue weighted by atomic mass is 16.2. The Morgan fingerprint density at radius 1 is 1.19 bits per heavy atom. The van der Waals surface area contributed by atoms with Crippen LogP contribution in [0.1, 0.15) is 40.6 Å². The van der Waals surface area contributed by atoms with Gasteiger partial charge in [0.05, 0.1) is 23.6 Å². The zero-order valence-electron chi connectivity index (χ0n) is 15.2. The lowest BCUT2D eigenvalue weighted by atomic mass is 10.1. The topological polar surface area (TPSA) is 78.1 Å². The highest BCUT2D eigenvalue weighted by Gasteiger charge is 2.32. The summed E-state index contributed by atoms with van der Waals surface area (Å²) in [5.74, 6) is 0.494. The van der Waals surface area contributed by atoms with Crippen LogP contribution in [0.25, 0.3) is 11.0 Å². The Bertz CT molecular complexity index is 944. The van der Waals surface area contributed by atoms with E-state index in [1.165, 1.54) is 0 Å². The number of likely N-dealkylation sites (tertiary alicyclic amines) is 1. The predicted molar refractivity (Wildman–Crippen MR) is 103 cm³/mol. The van der Waals surface area contributed by atoms with Crippen molar-refractivity contribution in [1.29, 1.82) is 0 Å². The lowest BCUT2D eigenvalue weighted by Crippen LogP contribution is -2.40. The normalized spacial score (nSPS) is 16.6. The van der Waals surface area contributed by atoms with Crippen molar-refractivity contribution in [3.8, 4) is 0 Å². The molecule has 138 valence electrons. The minimum atomic E-state index is -0.233. The summed E-state index contributed by atoms with van der Waals surface area (Å²) in [6, 6.07) is 15.1. The molecule has 1 aliphatic rings. The SMILES string of the molecule is Cc1ccc(C(=O)NCC(=O)N2CCCC2c2nc3ccccc3[nH]2)cc1. The molecule has 1 unspecified atom stereocenters. The molecule has 2 heterocycles. The Balaban J connectivity index is 1.43. The number of hydrogen-bond acceptors (Lipinski definition) is 3. The molecule has 4 rings (SSSR count). The van der Waals surface area contributed by atoms with Crippen molar-refractivity contribution in [2.24, 2.45) is 0 Å². The number of aryl methyl sites for hydroxylation is 1. The van der Waals surface area contributed by atoms with E-state index in [1.54, 1.807) is 12.1 Å². The Labute approximate surface area is 157 Å². The van der Waals surface area contributed by atoms with Crippen LogP contribution in [0.2, 0.25) is 0 Å². The number of para-hydroxylation sites is 2. The molecule has 2 N–H and O–H groups in total. The second kappa shape index (κ2) is 7.23. The quantitative estimate of drug-likeness (QED) is 0.749. The largest absolute Gasteiger partial charge is 0.343 e. The molecule has 2 aromatic carbocycles. The number of carbonyl (C=O) groups is 2. The lowest BCUT2D eigenvalue weighted by molar-refractivity contribution is -0.131. The summed E-state index contributed by atoms with van der Waals surface area (Å²) in [6.07, 6.45) is 1.80. The molecule has 0 saturated carbocycles. The summed E-state index contributed by atoms with van der Waals surface area (Å²) in [5.41, 5.74) is 3.52. The van der Waals surface area contributed by atoms with Gasteiger partial charge in [-0.2, -0.15) is 0 Å². The predicted octanol–water partition coefficient (Wildman–Crippen LogP) is 2.96. The van der Waals surface area contributed by atoms with Crippen molar-refractivity contribution < 1.29 is 9.59 Å². The first-order chi connectivity index (χ1) is 13.1. The average molecular weight is 362 g/mol. The van der Waals surface area contributed by atoms with Gasteiger partial charge in [-0.15, -0.1) is 0 Å². The van der Waals surface area contributed by atoms with Gasteiger partial charge < -0.3 is 15.2 Å². The molecule has 1 atom stereocenters. The molecule has 6 nitrogen and oxygen atoms in total. The highest BCUT2D eigenvalue weighted by molar-refractivity contribution is 5.96. The number of nitrogens with one attached hydrogen (secondary N) is 2. The van der Waals surface area contributed by atoms with E-state index in [1.807, 2.05) is 48.2 Å². The molecule has 2 amide bonds. The second-order valence-corrected chi connectivity index (χ2v) is 6.93. The van der Waals surface area contributed by atoms with E-state index in [2.05, 4.69) is 15.3 Å². The molecule has 1 aliphatic heterocycles. The molecule has 0 bridgehead atoms. The van der Waals surface area contributed by atoms with Gasteiger partial charge in [-0.1, -0.05) is 29.8 Å². The lowest BCUT2D eigenvalue weighted by Gasteiger charge is -2.23. The maximum Gasteiger partial charge on any atom is 0.251 e. The minimum Gasteiger partial charge on any atom is -0.343 e. The molecule has 0 radical (unpaired) electrons. The molecule has 1 saturated heterocycles. The molecule has 1 aromatic heterocycles. The van der Waals surface area contributed by atoms with Crippen LogP contribution in [0.15, 0.2) is 48.5 Å². The van der Waals surface area contributed by atoms with E-state index in [4.69, 9.17) is 0 Å². The van der Waals surface area contributed by atoms with Gasteiger partial charge in [-0.3, -0.25) is 9.59 Å². The summed E-state index contributed by atoms with van der Waals surface area (Å²) in [7, 11) is 0. The van der Waals surface area contributed by atoms with E-state index >= 15 is 0 Å². The number of amides is 2. The van der Waals surface area contributed by atoms with Crippen molar-refractivity contribution in [1.82, 2.24) is 20.2 Å². The number of imidazole rings is 1. The number of hydrogen-bond donors (Lipinski definition) is 2. The van der Waals surface area contributed by atoms with Crippen molar-refractivity contribution in [2.75, 3.05) is 13.1 Å². The smallest absolute Gasteiger partial charge is 0.251 e. The van der Waals surface area contributed by atoms with Gasteiger partial charge in [0, 0.05) is 12.1 Å². The summed E-state index contributed by atoms with van der Waals surface area (Å²) in [4.78, 5) is 34.7. The first-order valence-electron chi connectivity index (χ1n) is 9.21. The highest BCUT2D eigenvalue weighted by Crippen LogP contribution is 2.31. The van der Waals surface area contributed by atoms with Gasteiger partial charge in [0.1, 0.15) is 5.82 Å². The third-order valence-electron chi connectivity index (χ3n) is 5.01. The number of aromatic nitrogens is 2. The summed E-state index contributed by atoms with van der Waals surface area (Å²) in [5, 5.41) is 2.73. The average Bonchev–Trinajstić information content (AvgIpc) is 3.32. The Hall–Kier alpha value is -3.15. The van der Waals surface area contributed by atoms with E-state index in [0.29, 0.717) is 12.1 Å². The Kier molecular flexibility index (Phi) is 4.62. The summed E-state index contributed by atoms with van der Waals surface area (Å²) in [6.45, 7) is 2.64. The Morgan fingerprint density at radius 3 is 2.74 bits per heavy atom. The van der Waals surface area contributed by atoms with Crippen LogP contribution in [0, 0.1) is 6.92 Å². The number of carbonyl (C=O) groups excluding carboxylic acids is 2. The standard InChI is InChI=1S/C21H22N4O2/c1-14-8-10-15(11-9-14)21(27)22-13-19(26)25-12-4-7-18(25)20-23-16-5-2-3-6-17(16)24-20/h2-3,5-6,8-11,18H,4,7,12-13H2,1H3,(H,22,27)(H,23,24). The summed E-state index contributed by atoms with van der Waals surface area (Å²) < 4.78 is 0. The van der Waals surface area contributed by atoms with Crippen LogP contribution < -0.4 is 5.32 Å². The van der Waals surface area contributed by atoms with Crippen LogP contribution >= 0.6 is 0 Å². The van der Waals surface area contributed by atoms with Gasteiger partial charge >= 0.3 is 0 Å². The van der Waals surface area contributed by atoms with Gasteiger partial charge in [-0.25, -0.2) is 4.98 Å². The number of nitrogens with zero attached hydrogens (tertiary/aromatic N) is 2. The van der Waals surface area contributed by atoms with E-state index in [9.17, 15) is 9.59 Å². The first-order valence-corrected chi connectivity index (χ1v) is 9.21. The van der Waals surface area contributed by atoms with Crippen molar-refractivity contribution >= 4 is 22.8 Å². The minimum absolute atomic E-state index is 0.0105. The maximum absolute atomic E-state index is 12.7. The van der Waals surface area contributed by atoms with Gasteiger partial charge in [-0.05, 0) is 44.0 Å². The molecule has 27 heavy (non-hydrogen) atoms. The molecule has 0 spiro atoms. The fourth-order valence-corrected chi connectivity index (χ4v) is 3.54. The van der Waals surface area contributed by atoms with Crippen molar-refractivity contribution in [3.63, 3.8) is 0 Å². The summed E-state index contributed by atoms with van der Waals surface area (Å²) >= 11 is 0. The van der Waals surface area contributed by atoms with E-state index < -0.39 is 0 Å². The molecular formula is C21H22N4O2. The molecule has 1 fully saturated rings. The van der Waals surface area contributed by atoms with Crippen LogP contribution in [-0.4, -0.2) is 39.8 Å². The zero-order chi connectivity index (χ0) is 18.8. The third kappa shape index (κ3) is 3.56. The van der Waals surface area contributed by atoms with Crippen LogP contribution in [0.3, 0.4) is 0 Å². The van der Waals surface area contributed by atoms with Gasteiger partial charge in [0.25, 0.3) is 5.91 Å². The number of fused-ring (bicyclic) bond motifs is 1. The molecular weight excluding hydrogens is 340 g/mol. The second-order valence-electron chi connectivity index (χ2n) is 6.93. The van der Waals surface area contributed by atoms with Crippen LogP contribution in [0.5, 0.6) is 0 Å². The number of H-pyrrole nitrogens is 1. The van der Waals surface area contributed by atoms with E-state index in [0.717, 1.165) is 35.3 Å². The molecule has 0 aliphatic carbocycles. The van der Waals surface area contributed by atoms with E-state index in [-0.39, 0.29) is 24.4 Å². The fraction of sp³-hybridized carbons (Fsp3) is 0.286. The number of benzene rings is 2.